The van der Waals surface area contributed by atoms with E-state index in [1.54, 1.807) is 18.2 Å². The zero-order chi connectivity index (χ0) is 23.2. The van der Waals surface area contributed by atoms with E-state index in [4.69, 9.17) is 4.74 Å². The van der Waals surface area contributed by atoms with Crippen LogP contribution < -0.4 is 4.74 Å². The van der Waals surface area contributed by atoms with Crippen molar-refractivity contribution in [3.8, 4) is 5.75 Å². The summed E-state index contributed by atoms with van der Waals surface area (Å²) in [7, 11) is 0. The monoisotopic (exact) mass is 448 g/mol. The number of nitrogens with zero attached hydrogens (tertiary/aromatic N) is 2. The van der Waals surface area contributed by atoms with E-state index in [1.165, 1.54) is 35.7 Å². The predicted octanol–water partition coefficient (Wildman–Crippen LogP) is 6.35. The van der Waals surface area contributed by atoms with Crippen LogP contribution in [-0.4, -0.2) is 46.8 Å². The molecular formula is C28H36N2O3. The Balaban J connectivity index is 1.36. The molecule has 2 aromatic carbocycles. The number of carboxylic acid groups (broad SMARTS) is 1. The Morgan fingerprint density at radius 1 is 1.12 bits per heavy atom. The molecule has 1 aromatic heterocycles. The molecule has 1 N–H and O–H groups in total. The first-order valence-electron chi connectivity index (χ1n) is 12.4. The van der Waals surface area contributed by atoms with Gasteiger partial charge in [-0.2, -0.15) is 0 Å². The molecule has 4 rings (SSSR count). The largest absolute Gasteiger partial charge is 0.491 e. The number of unbranched alkanes of at least 4 members (excludes halogenated alkanes) is 1. The molecular weight excluding hydrogens is 412 g/mol. The fourth-order valence-corrected chi connectivity index (χ4v) is 5.08. The average molecular weight is 449 g/mol. The highest BCUT2D eigenvalue weighted by Gasteiger charge is 2.24. The fourth-order valence-electron chi connectivity index (χ4n) is 5.08. The third-order valence-corrected chi connectivity index (χ3v) is 7.03. The molecule has 1 aliphatic heterocycles. The zero-order valence-corrected chi connectivity index (χ0v) is 19.9. The molecule has 0 spiro atoms. The molecule has 176 valence electrons. The van der Waals surface area contributed by atoms with Gasteiger partial charge in [-0.1, -0.05) is 50.1 Å². The number of likely N-dealkylation sites (tertiary alicyclic amines) is 1. The first-order valence-corrected chi connectivity index (χ1v) is 12.4. The third kappa shape index (κ3) is 5.41. The lowest BCUT2D eigenvalue weighted by Crippen LogP contribution is -2.35. The molecule has 1 atom stereocenters. The van der Waals surface area contributed by atoms with Crippen molar-refractivity contribution in [3.63, 3.8) is 0 Å². The molecule has 3 aromatic rings. The van der Waals surface area contributed by atoms with Gasteiger partial charge in [0.2, 0.25) is 0 Å². The lowest BCUT2D eigenvalue weighted by atomic mass is 9.89. The molecule has 1 unspecified atom stereocenters. The van der Waals surface area contributed by atoms with Crippen LogP contribution in [0.25, 0.3) is 10.9 Å². The van der Waals surface area contributed by atoms with Gasteiger partial charge >= 0.3 is 5.97 Å². The van der Waals surface area contributed by atoms with Crippen molar-refractivity contribution >= 4 is 16.9 Å². The van der Waals surface area contributed by atoms with E-state index in [0.29, 0.717) is 24.3 Å². The van der Waals surface area contributed by atoms with Crippen molar-refractivity contribution in [1.82, 2.24) is 9.47 Å². The van der Waals surface area contributed by atoms with Gasteiger partial charge in [-0.3, -0.25) is 4.90 Å². The summed E-state index contributed by atoms with van der Waals surface area (Å²) >= 11 is 0. The molecule has 0 saturated carbocycles. The van der Waals surface area contributed by atoms with E-state index in [1.807, 2.05) is 6.07 Å². The third-order valence-electron chi connectivity index (χ3n) is 7.03. The molecule has 2 heterocycles. The van der Waals surface area contributed by atoms with Crippen molar-refractivity contribution in [3.05, 3.63) is 65.9 Å². The maximum absolute atomic E-state index is 11.4. The van der Waals surface area contributed by atoms with Gasteiger partial charge in [-0.05, 0) is 69.0 Å². The lowest BCUT2D eigenvalue weighted by Gasteiger charge is -2.31. The molecule has 1 saturated heterocycles. The standard InChI is InChI=1S/C28H36N2O3/c1-3-4-9-21(2)30-20-25(23-10-5-7-12-26(23)30)22-14-16-29(17-15-22)18-19-33-27-13-8-6-11-24(27)28(31)32/h5-8,10-13,20-22H,3-4,9,14-19H2,1-2H3,(H,31,32). The Morgan fingerprint density at radius 3 is 2.61 bits per heavy atom. The summed E-state index contributed by atoms with van der Waals surface area (Å²) in [5.41, 5.74) is 3.09. The molecule has 0 radical (unpaired) electrons. The minimum Gasteiger partial charge on any atom is -0.491 e. The van der Waals surface area contributed by atoms with Gasteiger partial charge in [0.1, 0.15) is 17.9 Å². The van der Waals surface area contributed by atoms with Crippen molar-refractivity contribution in [2.75, 3.05) is 26.2 Å². The van der Waals surface area contributed by atoms with Crippen LogP contribution >= 0.6 is 0 Å². The van der Waals surface area contributed by atoms with Gasteiger partial charge in [-0.15, -0.1) is 0 Å². The van der Waals surface area contributed by atoms with Gasteiger partial charge in [0.05, 0.1) is 0 Å². The summed E-state index contributed by atoms with van der Waals surface area (Å²) < 4.78 is 8.31. The van der Waals surface area contributed by atoms with Crippen LogP contribution in [0.15, 0.2) is 54.7 Å². The number of benzene rings is 2. The number of aromatic carboxylic acids is 1. The van der Waals surface area contributed by atoms with Crippen molar-refractivity contribution in [2.24, 2.45) is 0 Å². The van der Waals surface area contributed by atoms with Crippen LogP contribution in [0.4, 0.5) is 0 Å². The lowest BCUT2D eigenvalue weighted by molar-refractivity contribution is 0.0691. The van der Waals surface area contributed by atoms with E-state index < -0.39 is 5.97 Å². The number of ether oxygens (including phenoxy) is 1. The molecule has 33 heavy (non-hydrogen) atoms. The van der Waals surface area contributed by atoms with Gasteiger partial charge in [0, 0.05) is 29.7 Å². The Kier molecular flexibility index (Phi) is 7.71. The quantitative estimate of drug-likeness (QED) is 0.393. The van der Waals surface area contributed by atoms with Crippen LogP contribution in [-0.2, 0) is 0 Å². The normalized spacial score (nSPS) is 16.2. The van der Waals surface area contributed by atoms with Gasteiger partial charge < -0.3 is 14.4 Å². The number of fused-ring (bicyclic) bond motifs is 1. The number of carbonyl (C=O) groups is 1. The Morgan fingerprint density at radius 2 is 1.85 bits per heavy atom. The van der Waals surface area contributed by atoms with Crippen LogP contribution in [0.3, 0.4) is 0 Å². The second-order valence-electron chi connectivity index (χ2n) is 9.27. The number of aromatic nitrogens is 1. The maximum Gasteiger partial charge on any atom is 0.339 e. The molecule has 5 heteroatoms. The number of hydrogen-bond acceptors (Lipinski definition) is 3. The first-order chi connectivity index (χ1) is 16.1. The Labute approximate surface area is 197 Å². The van der Waals surface area contributed by atoms with E-state index >= 15 is 0 Å². The van der Waals surface area contributed by atoms with E-state index in [2.05, 4.69) is 53.8 Å². The summed E-state index contributed by atoms with van der Waals surface area (Å²) in [5.74, 6) is 0.0823. The number of para-hydroxylation sites is 2. The van der Waals surface area contributed by atoms with Crippen molar-refractivity contribution < 1.29 is 14.6 Å². The first kappa shape index (κ1) is 23.4. The summed E-state index contributed by atoms with van der Waals surface area (Å²) in [6, 6.07) is 16.2. The topological polar surface area (TPSA) is 54.7 Å². The van der Waals surface area contributed by atoms with Gasteiger partial charge in [0.15, 0.2) is 0 Å². The summed E-state index contributed by atoms with van der Waals surface area (Å²) in [6.07, 6.45) is 8.43. The Hall–Kier alpha value is -2.79. The number of rotatable bonds is 10. The van der Waals surface area contributed by atoms with E-state index in [0.717, 1.165) is 32.5 Å². The number of piperidine rings is 1. The van der Waals surface area contributed by atoms with Crippen LogP contribution in [0.2, 0.25) is 0 Å². The second-order valence-corrected chi connectivity index (χ2v) is 9.27. The van der Waals surface area contributed by atoms with Crippen LogP contribution in [0.1, 0.15) is 73.8 Å². The predicted molar refractivity (Wildman–Crippen MR) is 133 cm³/mol. The Bertz CT molecular complexity index is 1070. The SMILES string of the molecule is CCCCC(C)n1cc(C2CCN(CCOc3ccccc3C(=O)O)CC2)c2ccccc21. The van der Waals surface area contributed by atoms with Crippen molar-refractivity contribution in [1.29, 1.82) is 0 Å². The second kappa shape index (κ2) is 10.9. The molecule has 1 aliphatic rings. The smallest absolute Gasteiger partial charge is 0.339 e. The molecule has 0 aliphatic carbocycles. The number of hydrogen-bond donors (Lipinski definition) is 1. The molecule has 0 amide bonds. The van der Waals surface area contributed by atoms with E-state index in [9.17, 15) is 9.90 Å². The van der Waals surface area contributed by atoms with Crippen molar-refractivity contribution in [2.45, 2.75) is 57.9 Å². The van der Waals surface area contributed by atoms with E-state index in [-0.39, 0.29) is 5.56 Å². The van der Waals surface area contributed by atoms with Crippen LogP contribution in [0.5, 0.6) is 5.75 Å². The fraction of sp³-hybridized carbons (Fsp3) is 0.464. The zero-order valence-electron chi connectivity index (χ0n) is 19.9. The highest BCUT2D eigenvalue weighted by molar-refractivity contribution is 5.90. The minimum atomic E-state index is -0.949. The average Bonchev–Trinajstić information content (AvgIpc) is 3.23. The summed E-state index contributed by atoms with van der Waals surface area (Å²) in [5, 5.41) is 10.7. The molecule has 1 fully saturated rings. The highest BCUT2D eigenvalue weighted by atomic mass is 16.5. The van der Waals surface area contributed by atoms with Gasteiger partial charge in [0.25, 0.3) is 0 Å². The highest BCUT2D eigenvalue weighted by Crippen LogP contribution is 2.36. The van der Waals surface area contributed by atoms with Gasteiger partial charge in [-0.25, -0.2) is 4.79 Å². The van der Waals surface area contributed by atoms with Crippen LogP contribution in [0, 0.1) is 0 Å². The number of carboxylic acids is 1. The molecule has 0 bridgehead atoms. The maximum atomic E-state index is 11.4. The summed E-state index contributed by atoms with van der Waals surface area (Å²) in [4.78, 5) is 13.8. The minimum absolute atomic E-state index is 0.223. The molecule has 5 nitrogen and oxygen atoms in total. The summed E-state index contributed by atoms with van der Waals surface area (Å²) in [6.45, 7) is 8.01.